The minimum absolute atomic E-state index is 0.689. The predicted molar refractivity (Wildman–Crippen MR) is 57.7 cm³/mol. The van der Waals surface area contributed by atoms with Crippen LogP contribution in [0, 0.1) is 0 Å². The maximum atomic E-state index is 5.48. The fourth-order valence-electron chi connectivity index (χ4n) is 2.02. The monoisotopic (exact) mass is 216 g/mol. The predicted octanol–water partition coefficient (Wildman–Crippen LogP) is 1.16. The van der Waals surface area contributed by atoms with Gasteiger partial charge in [-0.3, -0.25) is 0 Å². The summed E-state index contributed by atoms with van der Waals surface area (Å²) in [7, 11) is 0. The molecule has 82 valence electrons. The molecule has 0 aliphatic carbocycles. The van der Waals surface area contributed by atoms with E-state index in [2.05, 4.69) is 21.6 Å². The van der Waals surface area contributed by atoms with Crippen LogP contribution in [0.5, 0.6) is 5.75 Å². The van der Waals surface area contributed by atoms with Crippen LogP contribution in [0.25, 0.3) is 5.69 Å². The van der Waals surface area contributed by atoms with Crippen LogP contribution in [0.1, 0.15) is 18.3 Å². The van der Waals surface area contributed by atoms with Gasteiger partial charge in [0.2, 0.25) is 0 Å². The Morgan fingerprint density at radius 1 is 1.38 bits per heavy atom. The molecule has 5 nitrogen and oxygen atoms in total. The summed E-state index contributed by atoms with van der Waals surface area (Å²) in [6, 6.07) is 6.04. The Morgan fingerprint density at radius 3 is 3.19 bits per heavy atom. The van der Waals surface area contributed by atoms with Crippen molar-refractivity contribution < 1.29 is 4.74 Å². The van der Waals surface area contributed by atoms with Crippen LogP contribution in [0.3, 0.4) is 0 Å². The molecule has 5 heteroatoms. The Morgan fingerprint density at radius 2 is 2.31 bits per heavy atom. The highest BCUT2D eigenvalue weighted by Crippen LogP contribution is 2.26. The van der Waals surface area contributed by atoms with E-state index < -0.39 is 0 Å². The maximum absolute atomic E-state index is 5.48. The highest BCUT2D eigenvalue weighted by molar-refractivity contribution is 5.47. The topological polar surface area (TPSA) is 52.8 Å². The molecule has 16 heavy (non-hydrogen) atoms. The van der Waals surface area contributed by atoms with Crippen molar-refractivity contribution >= 4 is 0 Å². The lowest BCUT2D eigenvalue weighted by molar-refractivity contribution is 0.339. The Balaban J connectivity index is 2.07. The smallest absolute Gasteiger partial charge is 0.157 e. The minimum Gasteiger partial charge on any atom is -0.494 e. The van der Waals surface area contributed by atoms with E-state index in [9.17, 15) is 0 Å². The van der Waals surface area contributed by atoms with Crippen molar-refractivity contribution in [3.63, 3.8) is 0 Å². The first kappa shape index (κ1) is 9.33. The van der Waals surface area contributed by atoms with Crippen LogP contribution in [0.2, 0.25) is 0 Å². The molecule has 1 aliphatic heterocycles. The number of ether oxygens (including phenoxy) is 1. The molecule has 3 rings (SSSR count). The zero-order valence-corrected chi connectivity index (χ0v) is 9.05. The van der Waals surface area contributed by atoms with Gasteiger partial charge in [0.1, 0.15) is 5.75 Å². The second kappa shape index (κ2) is 3.59. The number of benzene rings is 1. The molecule has 0 saturated heterocycles. The van der Waals surface area contributed by atoms with Crippen molar-refractivity contribution in [2.45, 2.75) is 19.8 Å². The van der Waals surface area contributed by atoms with E-state index in [1.165, 1.54) is 5.56 Å². The number of aromatic nitrogens is 4. The molecule has 1 aromatic carbocycles. The molecule has 0 spiro atoms. The second-order valence-electron chi connectivity index (χ2n) is 3.73. The molecule has 0 atom stereocenters. The van der Waals surface area contributed by atoms with E-state index >= 15 is 0 Å². The summed E-state index contributed by atoms with van der Waals surface area (Å²) in [5.74, 6) is 1.84. The van der Waals surface area contributed by atoms with Crippen LogP contribution in [-0.4, -0.2) is 26.8 Å². The summed E-state index contributed by atoms with van der Waals surface area (Å²) in [5.41, 5.74) is 2.31. The number of hydrogen-bond donors (Lipinski definition) is 0. The van der Waals surface area contributed by atoms with Gasteiger partial charge in [-0.2, -0.15) is 4.68 Å². The van der Waals surface area contributed by atoms with Crippen molar-refractivity contribution in [2.24, 2.45) is 0 Å². The molecule has 1 aromatic heterocycles. The highest BCUT2D eigenvalue weighted by atomic mass is 16.5. The highest BCUT2D eigenvalue weighted by Gasteiger charge is 2.18. The van der Waals surface area contributed by atoms with Crippen LogP contribution >= 0.6 is 0 Å². The van der Waals surface area contributed by atoms with Gasteiger partial charge >= 0.3 is 0 Å². The summed E-state index contributed by atoms with van der Waals surface area (Å²) >= 11 is 0. The average molecular weight is 216 g/mol. The zero-order chi connectivity index (χ0) is 11.0. The first-order chi connectivity index (χ1) is 7.88. The van der Waals surface area contributed by atoms with Crippen molar-refractivity contribution in [1.29, 1.82) is 0 Å². The molecule has 0 saturated carbocycles. The van der Waals surface area contributed by atoms with Crippen LogP contribution in [0.15, 0.2) is 18.2 Å². The quantitative estimate of drug-likeness (QED) is 0.756. The van der Waals surface area contributed by atoms with Gasteiger partial charge in [-0.15, -0.1) is 5.10 Å². The van der Waals surface area contributed by atoms with Gasteiger partial charge < -0.3 is 4.74 Å². The Bertz CT molecular complexity index is 520. The number of nitrogens with zero attached hydrogens (tertiary/aromatic N) is 4. The molecule has 2 aromatic rings. The summed E-state index contributed by atoms with van der Waals surface area (Å²) in [5, 5.41) is 11.7. The number of tetrazole rings is 1. The molecule has 0 fully saturated rings. The van der Waals surface area contributed by atoms with Gasteiger partial charge in [-0.25, -0.2) is 0 Å². The molecule has 2 heterocycles. The third kappa shape index (κ3) is 1.36. The van der Waals surface area contributed by atoms with Gasteiger partial charge in [0.05, 0.1) is 12.3 Å². The second-order valence-corrected chi connectivity index (χ2v) is 3.73. The summed E-state index contributed by atoms with van der Waals surface area (Å²) in [6.07, 6.45) is 1.85. The van der Waals surface area contributed by atoms with Gasteiger partial charge in [0.25, 0.3) is 0 Å². The third-order valence-corrected chi connectivity index (χ3v) is 2.74. The van der Waals surface area contributed by atoms with E-state index in [0.29, 0.717) is 6.61 Å². The van der Waals surface area contributed by atoms with Gasteiger partial charge in [-0.1, -0.05) is 0 Å². The van der Waals surface area contributed by atoms with Crippen molar-refractivity contribution in [3.05, 3.63) is 29.6 Å². The lowest BCUT2D eigenvalue weighted by atomic mass is 10.0. The molecule has 0 N–H and O–H groups in total. The van der Waals surface area contributed by atoms with E-state index in [1.54, 1.807) is 4.68 Å². The van der Waals surface area contributed by atoms with E-state index in [1.807, 2.05) is 19.1 Å². The van der Waals surface area contributed by atoms with Gasteiger partial charge in [0.15, 0.2) is 5.82 Å². The molecule has 1 aliphatic rings. The molecule has 0 radical (unpaired) electrons. The number of aryl methyl sites for hydroxylation is 2. The van der Waals surface area contributed by atoms with Crippen LogP contribution < -0.4 is 4.74 Å². The normalized spacial score (nSPS) is 13.1. The Hall–Kier alpha value is -1.91. The summed E-state index contributed by atoms with van der Waals surface area (Å²) in [6.45, 7) is 2.67. The van der Waals surface area contributed by atoms with Crippen molar-refractivity contribution in [2.75, 3.05) is 6.61 Å². The largest absolute Gasteiger partial charge is 0.494 e. The van der Waals surface area contributed by atoms with E-state index in [4.69, 9.17) is 4.74 Å². The fourth-order valence-corrected chi connectivity index (χ4v) is 2.02. The van der Waals surface area contributed by atoms with Crippen molar-refractivity contribution in [3.8, 4) is 11.4 Å². The lowest BCUT2D eigenvalue weighted by Crippen LogP contribution is -2.13. The van der Waals surface area contributed by atoms with Gasteiger partial charge in [0, 0.05) is 6.42 Å². The molecular weight excluding hydrogens is 204 g/mol. The minimum atomic E-state index is 0.689. The molecular formula is C11H12N4O. The number of fused-ring (bicyclic) bond motifs is 3. The van der Waals surface area contributed by atoms with Gasteiger partial charge in [-0.05, 0) is 47.5 Å². The Labute approximate surface area is 93.0 Å². The standard InChI is InChI=1S/C11H12N4O/c1-2-16-9-4-5-10-8(7-9)3-6-11-12-13-14-15(10)11/h4-5,7H,2-3,6H2,1H3. The third-order valence-electron chi connectivity index (χ3n) is 2.74. The fraction of sp³-hybridized carbons (Fsp3) is 0.364. The van der Waals surface area contributed by atoms with Crippen LogP contribution in [0.4, 0.5) is 0 Å². The molecule has 0 amide bonds. The van der Waals surface area contributed by atoms with Crippen LogP contribution in [-0.2, 0) is 12.8 Å². The maximum Gasteiger partial charge on any atom is 0.157 e. The average Bonchev–Trinajstić information content (AvgIpc) is 2.77. The summed E-state index contributed by atoms with van der Waals surface area (Å²) in [4.78, 5) is 0. The summed E-state index contributed by atoms with van der Waals surface area (Å²) < 4.78 is 7.28. The van der Waals surface area contributed by atoms with E-state index in [-0.39, 0.29) is 0 Å². The number of hydrogen-bond acceptors (Lipinski definition) is 4. The van der Waals surface area contributed by atoms with E-state index in [0.717, 1.165) is 30.1 Å². The lowest BCUT2D eigenvalue weighted by Gasteiger charge is -2.16. The SMILES string of the molecule is CCOc1ccc2c(c1)CCc1nnnn1-2. The number of rotatable bonds is 2. The molecule has 0 bridgehead atoms. The molecule has 0 unspecified atom stereocenters. The first-order valence-electron chi connectivity index (χ1n) is 5.42. The first-order valence-corrected chi connectivity index (χ1v) is 5.42. The Kier molecular flexibility index (Phi) is 2.09. The van der Waals surface area contributed by atoms with Crippen molar-refractivity contribution in [1.82, 2.24) is 20.2 Å². The zero-order valence-electron chi connectivity index (χ0n) is 9.05.